The van der Waals surface area contributed by atoms with E-state index in [9.17, 15) is 20.2 Å². The molecule has 0 aliphatic heterocycles. The van der Waals surface area contributed by atoms with Crippen molar-refractivity contribution < 1.29 is 19.2 Å². The van der Waals surface area contributed by atoms with Gasteiger partial charge in [0.25, 0.3) is 11.6 Å². The fourth-order valence-corrected chi connectivity index (χ4v) is 3.08. The number of hydrogen-bond donors (Lipinski definition) is 1. The zero-order valence-electron chi connectivity index (χ0n) is 16.3. The third kappa shape index (κ3) is 5.46. The number of halogens is 1. The molecule has 0 saturated carbocycles. The van der Waals surface area contributed by atoms with Crippen LogP contribution in [0.3, 0.4) is 0 Å². The molecule has 0 saturated heterocycles. The van der Waals surface area contributed by atoms with Crippen LogP contribution in [0.5, 0.6) is 11.5 Å². The van der Waals surface area contributed by atoms with Gasteiger partial charge < -0.3 is 14.8 Å². The van der Waals surface area contributed by atoms with E-state index in [1.165, 1.54) is 25.3 Å². The van der Waals surface area contributed by atoms with E-state index in [0.717, 1.165) is 0 Å². The molecule has 1 N–H and O–H groups in total. The van der Waals surface area contributed by atoms with Crippen LogP contribution in [0.2, 0.25) is 0 Å². The predicted octanol–water partition coefficient (Wildman–Crippen LogP) is 4.78. The lowest BCUT2D eigenvalue weighted by Crippen LogP contribution is -2.14. The second-order valence-electron chi connectivity index (χ2n) is 6.04. The van der Waals surface area contributed by atoms with Crippen LogP contribution in [0.25, 0.3) is 6.08 Å². The molecule has 0 bridgehead atoms. The van der Waals surface area contributed by atoms with E-state index in [2.05, 4.69) is 27.8 Å². The molecule has 0 radical (unpaired) electrons. The van der Waals surface area contributed by atoms with Crippen LogP contribution in [0.1, 0.15) is 11.1 Å². The fraction of sp³-hybridized carbons (Fsp3) is 0.143. The lowest BCUT2D eigenvalue weighted by Gasteiger charge is -2.12. The first-order valence-electron chi connectivity index (χ1n) is 8.60. The smallest absolute Gasteiger partial charge is 0.293 e. The van der Waals surface area contributed by atoms with Gasteiger partial charge in [0.2, 0.25) is 0 Å². The van der Waals surface area contributed by atoms with Gasteiger partial charge in [0.15, 0.2) is 11.5 Å². The van der Waals surface area contributed by atoms with Gasteiger partial charge in [-0.05, 0) is 58.3 Å². The number of ether oxygens (including phenoxy) is 2. The van der Waals surface area contributed by atoms with Crippen molar-refractivity contribution in [2.75, 3.05) is 19.0 Å². The molecule has 154 valence electrons. The van der Waals surface area contributed by atoms with Gasteiger partial charge in [-0.1, -0.05) is 18.7 Å². The third-order valence-corrected chi connectivity index (χ3v) is 4.46. The number of nitro groups is 1. The van der Waals surface area contributed by atoms with Crippen LogP contribution in [-0.4, -0.2) is 24.5 Å². The topological polar surface area (TPSA) is 114 Å². The Labute approximate surface area is 181 Å². The maximum absolute atomic E-state index is 12.6. The molecule has 0 spiro atoms. The maximum atomic E-state index is 12.6. The molecule has 2 aromatic carbocycles. The highest BCUT2D eigenvalue weighted by atomic mass is 79.9. The van der Waals surface area contributed by atoms with Gasteiger partial charge in [-0.2, -0.15) is 5.26 Å². The second-order valence-corrected chi connectivity index (χ2v) is 6.89. The van der Waals surface area contributed by atoms with Crippen molar-refractivity contribution in [3.05, 3.63) is 74.3 Å². The minimum Gasteiger partial charge on any atom is -0.493 e. The highest BCUT2D eigenvalue weighted by molar-refractivity contribution is 9.10. The Kier molecular flexibility index (Phi) is 7.72. The summed E-state index contributed by atoms with van der Waals surface area (Å²) in [6, 6.07) is 9.46. The highest BCUT2D eigenvalue weighted by Crippen LogP contribution is 2.37. The van der Waals surface area contributed by atoms with Crippen LogP contribution < -0.4 is 14.8 Å². The summed E-state index contributed by atoms with van der Waals surface area (Å²) in [5, 5.41) is 23.1. The number of carbonyl (C=O) groups is 1. The van der Waals surface area contributed by atoms with Gasteiger partial charge in [0.05, 0.1) is 16.5 Å². The van der Waals surface area contributed by atoms with Gasteiger partial charge in [0.1, 0.15) is 23.9 Å². The number of nitrogens with one attached hydrogen (secondary N) is 1. The Bertz CT molecular complexity index is 1070. The van der Waals surface area contributed by atoms with Gasteiger partial charge >= 0.3 is 0 Å². The quantitative estimate of drug-likeness (QED) is 0.194. The van der Waals surface area contributed by atoms with E-state index < -0.39 is 10.8 Å². The minimum absolute atomic E-state index is 0.00341. The molecule has 0 unspecified atom stereocenters. The lowest BCUT2D eigenvalue weighted by molar-refractivity contribution is -0.384. The standard InChI is InChI=1S/C21H18BrN3O5/c1-4-7-30-20-16(22)10-14(11-19(20)29-3)9-15(12-23)21(26)24-17-6-5-13(2)8-18(17)25(27)28/h4-6,8-11H,1,7H2,2-3H3,(H,24,26)/b15-9+. The van der Waals surface area contributed by atoms with Crippen LogP contribution in [-0.2, 0) is 4.79 Å². The summed E-state index contributed by atoms with van der Waals surface area (Å²) >= 11 is 3.38. The highest BCUT2D eigenvalue weighted by Gasteiger charge is 2.19. The third-order valence-electron chi connectivity index (χ3n) is 3.87. The predicted molar refractivity (Wildman–Crippen MR) is 116 cm³/mol. The summed E-state index contributed by atoms with van der Waals surface area (Å²) in [6.45, 7) is 5.56. The first-order valence-corrected chi connectivity index (χ1v) is 9.39. The van der Waals surface area contributed by atoms with Gasteiger partial charge in [-0.3, -0.25) is 14.9 Å². The molecule has 9 heteroatoms. The van der Waals surface area contributed by atoms with Crippen molar-refractivity contribution in [3.63, 3.8) is 0 Å². The Hall–Kier alpha value is -3.64. The molecule has 0 fully saturated rings. The van der Waals surface area contributed by atoms with Gasteiger partial charge in [-0.15, -0.1) is 0 Å². The zero-order chi connectivity index (χ0) is 22.3. The molecule has 0 aliphatic rings. The number of aryl methyl sites for hydroxylation is 1. The number of anilines is 1. The molecule has 0 aromatic heterocycles. The number of nitriles is 1. The van der Waals surface area contributed by atoms with E-state index in [4.69, 9.17) is 9.47 Å². The summed E-state index contributed by atoms with van der Waals surface area (Å²) in [6.07, 6.45) is 2.93. The molecule has 2 rings (SSSR count). The zero-order valence-corrected chi connectivity index (χ0v) is 17.9. The lowest BCUT2D eigenvalue weighted by atomic mass is 10.1. The molecule has 1 amide bonds. The van der Waals surface area contributed by atoms with E-state index >= 15 is 0 Å². The maximum Gasteiger partial charge on any atom is 0.293 e. The summed E-state index contributed by atoms with van der Waals surface area (Å²) in [4.78, 5) is 23.2. The molecule has 0 atom stereocenters. The van der Waals surface area contributed by atoms with E-state index in [-0.39, 0.29) is 23.6 Å². The first kappa shape index (κ1) is 22.6. The van der Waals surface area contributed by atoms with Crippen molar-refractivity contribution in [1.29, 1.82) is 5.26 Å². The van der Waals surface area contributed by atoms with E-state index in [1.807, 2.05) is 6.07 Å². The average molecular weight is 472 g/mol. The fourth-order valence-electron chi connectivity index (χ4n) is 2.51. The molecule has 8 nitrogen and oxygen atoms in total. The average Bonchev–Trinajstić information content (AvgIpc) is 2.71. The summed E-state index contributed by atoms with van der Waals surface area (Å²) in [5.41, 5.74) is 0.678. The number of hydrogen-bond acceptors (Lipinski definition) is 6. The summed E-state index contributed by atoms with van der Waals surface area (Å²) in [7, 11) is 1.46. The molecule has 30 heavy (non-hydrogen) atoms. The molecular weight excluding hydrogens is 454 g/mol. The van der Waals surface area contributed by atoms with E-state index in [1.54, 1.807) is 31.2 Å². The number of nitrogens with zero attached hydrogens (tertiary/aromatic N) is 2. The Balaban J connectivity index is 2.37. The number of methoxy groups -OCH3 is 1. The monoisotopic (exact) mass is 471 g/mol. The van der Waals surface area contributed by atoms with Crippen LogP contribution in [0.4, 0.5) is 11.4 Å². The molecule has 0 heterocycles. The molecule has 0 aliphatic carbocycles. The van der Waals surface area contributed by atoms with Crippen molar-refractivity contribution in [2.24, 2.45) is 0 Å². The van der Waals surface area contributed by atoms with Gasteiger partial charge in [0, 0.05) is 6.07 Å². The van der Waals surface area contributed by atoms with Crippen molar-refractivity contribution in [1.82, 2.24) is 0 Å². The number of amides is 1. The number of benzene rings is 2. The second kappa shape index (κ2) is 10.2. The number of carbonyl (C=O) groups excluding carboxylic acids is 1. The largest absolute Gasteiger partial charge is 0.493 e. The van der Waals surface area contributed by atoms with Crippen molar-refractivity contribution >= 4 is 39.3 Å². The SMILES string of the molecule is C=CCOc1c(Br)cc(/C=C(\C#N)C(=O)Nc2ccc(C)cc2[N+](=O)[O-])cc1OC. The van der Waals surface area contributed by atoms with Crippen molar-refractivity contribution in [3.8, 4) is 17.6 Å². The molecule has 2 aromatic rings. The summed E-state index contributed by atoms with van der Waals surface area (Å²) in [5.74, 6) is 0.0728. The van der Waals surface area contributed by atoms with Crippen LogP contribution >= 0.6 is 15.9 Å². The normalized spacial score (nSPS) is 10.7. The van der Waals surface area contributed by atoms with E-state index in [0.29, 0.717) is 27.1 Å². The van der Waals surface area contributed by atoms with Gasteiger partial charge in [-0.25, -0.2) is 0 Å². The summed E-state index contributed by atoms with van der Waals surface area (Å²) < 4.78 is 11.4. The molecular formula is C21H18BrN3O5. The Morgan fingerprint density at radius 1 is 1.40 bits per heavy atom. The van der Waals surface area contributed by atoms with Crippen molar-refractivity contribution in [2.45, 2.75) is 6.92 Å². The Morgan fingerprint density at radius 3 is 2.73 bits per heavy atom. The Morgan fingerprint density at radius 2 is 2.13 bits per heavy atom. The number of nitro benzene ring substituents is 1. The minimum atomic E-state index is -0.772. The first-order chi connectivity index (χ1) is 14.3. The number of rotatable bonds is 8. The van der Waals surface area contributed by atoms with Crippen LogP contribution in [0.15, 0.2) is 53.0 Å². The van der Waals surface area contributed by atoms with Crippen LogP contribution in [0, 0.1) is 28.4 Å².